The predicted octanol–water partition coefficient (Wildman–Crippen LogP) is 3.35. The van der Waals surface area contributed by atoms with E-state index in [-0.39, 0.29) is 11.7 Å². The van der Waals surface area contributed by atoms with Crippen molar-refractivity contribution < 1.29 is 9.59 Å². The number of amides is 1. The minimum atomic E-state index is -0.0801. The number of rotatable bonds is 7. The number of benzene rings is 2. The van der Waals surface area contributed by atoms with Gasteiger partial charge in [-0.05, 0) is 31.2 Å². The van der Waals surface area contributed by atoms with Crippen LogP contribution in [0.1, 0.15) is 29.8 Å². The number of anilines is 1. The summed E-state index contributed by atoms with van der Waals surface area (Å²) in [6, 6.07) is 17.1. The minimum absolute atomic E-state index is 0.0136. The lowest BCUT2D eigenvalue weighted by Crippen LogP contribution is -2.32. The smallest absolute Gasteiger partial charge is 0.238 e. The van der Waals surface area contributed by atoms with E-state index in [1.807, 2.05) is 25.1 Å². The van der Waals surface area contributed by atoms with Crippen LogP contribution in [0.3, 0.4) is 0 Å². The zero-order valence-electron chi connectivity index (χ0n) is 13.6. The number of nitrogens with one attached hydrogen (secondary N) is 1. The number of hydrogen-bond donors (Lipinski definition) is 1. The summed E-state index contributed by atoms with van der Waals surface area (Å²) in [5.74, 6) is -0.0937. The van der Waals surface area contributed by atoms with E-state index in [0.29, 0.717) is 17.8 Å². The van der Waals surface area contributed by atoms with Crippen LogP contribution in [0.4, 0.5) is 5.69 Å². The van der Waals surface area contributed by atoms with Gasteiger partial charge in [0.25, 0.3) is 0 Å². The lowest BCUT2D eigenvalue weighted by Gasteiger charge is -2.20. The Labute approximate surface area is 137 Å². The van der Waals surface area contributed by atoms with Gasteiger partial charge in [-0.25, -0.2) is 0 Å². The number of nitrogens with zero attached hydrogens (tertiary/aromatic N) is 1. The van der Waals surface area contributed by atoms with Gasteiger partial charge in [0.2, 0.25) is 5.91 Å². The van der Waals surface area contributed by atoms with Crippen LogP contribution in [0.25, 0.3) is 0 Å². The van der Waals surface area contributed by atoms with Gasteiger partial charge in [-0.2, -0.15) is 0 Å². The maximum Gasteiger partial charge on any atom is 0.238 e. The van der Waals surface area contributed by atoms with Crippen LogP contribution in [0.5, 0.6) is 0 Å². The molecule has 2 aromatic carbocycles. The highest BCUT2D eigenvalue weighted by Crippen LogP contribution is 2.11. The van der Waals surface area contributed by atoms with Crippen LogP contribution < -0.4 is 5.32 Å². The average Bonchev–Trinajstić information content (AvgIpc) is 2.55. The molecule has 0 radical (unpaired) electrons. The van der Waals surface area contributed by atoms with Crippen molar-refractivity contribution in [3.63, 3.8) is 0 Å². The van der Waals surface area contributed by atoms with Gasteiger partial charge in [-0.1, -0.05) is 49.4 Å². The molecule has 0 fully saturated rings. The third-order valence-electron chi connectivity index (χ3n) is 3.62. The predicted molar refractivity (Wildman–Crippen MR) is 92.5 cm³/mol. The van der Waals surface area contributed by atoms with E-state index in [2.05, 4.69) is 22.3 Å². The Morgan fingerprint density at radius 3 is 2.43 bits per heavy atom. The molecule has 0 bridgehead atoms. The maximum absolute atomic E-state index is 12.2. The first-order valence-corrected chi connectivity index (χ1v) is 7.75. The molecule has 0 spiro atoms. The molecule has 1 N–H and O–H groups in total. The van der Waals surface area contributed by atoms with E-state index in [1.54, 1.807) is 24.3 Å². The molecular formula is C19H22N2O2. The van der Waals surface area contributed by atoms with E-state index >= 15 is 0 Å². The first-order valence-electron chi connectivity index (χ1n) is 7.75. The van der Waals surface area contributed by atoms with Crippen LogP contribution in [0.15, 0.2) is 54.6 Å². The topological polar surface area (TPSA) is 49.4 Å². The van der Waals surface area contributed by atoms with Crippen molar-refractivity contribution in [3.05, 3.63) is 65.7 Å². The summed E-state index contributed by atoms with van der Waals surface area (Å²) in [6.07, 6.45) is 0. The van der Waals surface area contributed by atoms with Crippen molar-refractivity contribution in [1.29, 1.82) is 0 Å². The summed E-state index contributed by atoms with van der Waals surface area (Å²) in [4.78, 5) is 25.7. The quantitative estimate of drug-likeness (QED) is 0.798. The molecule has 120 valence electrons. The lowest BCUT2D eigenvalue weighted by atomic mass is 10.1. The summed E-state index contributed by atoms with van der Waals surface area (Å²) in [5, 5.41) is 2.85. The fourth-order valence-corrected chi connectivity index (χ4v) is 2.34. The van der Waals surface area contributed by atoms with Gasteiger partial charge >= 0.3 is 0 Å². The van der Waals surface area contributed by atoms with Gasteiger partial charge in [0.05, 0.1) is 6.54 Å². The van der Waals surface area contributed by atoms with Gasteiger partial charge in [-0.3, -0.25) is 14.5 Å². The second-order valence-corrected chi connectivity index (χ2v) is 5.47. The highest BCUT2D eigenvalue weighted by molar-refractivity contribution is 5.97. The summed E-state index contributed by atoms with van der Waals surface area (Å²) in [5.41, 5.74) is 2.43. The zero-order valence-corrected chi connectivity index (χ0v) is 13.6. The van der Waals surface area contributed by atoms with Crippen LogP contribution in [0, 0.1) is 0 Å². The highest BCUT2D eigenvalue weighted by Gasteiger charge is 2.10. The molecule has 0 aliphatic rings. The summed E-state index contributed by atoms with van der Waals surface area (Å²) < 4.78 is 0. The van der Waals surface area contributed by atoms with E-state index in [9.17, 15) is 9.59 Å². The third kappa shape index (κ3) is 5.34. The van der Waals surface area contributed by atoms with Gasteiger partial charge in [0.15, 0.2) is 5.78 Å². The van der Waals surface area contributed by atoms with E-state index in [4.69, 9.17) is 0 Å². The van der Waals surface area contributed by atoms with Crippen molar-refractivity contribution in [3.8, 4) is 0 Å². The molecule has 0 saturated carbocycles. The molecule has 0 aliphatic carbocycles. The summed E-state index contributed by atoms with van der Waals surface area (Å²) >= 11 is 0. The van der Waals surface area contributed by atoms with Crippen molar-refractivity contribution >= 4 is 17.4 Å². The van der Waals surface area contributed by atoms with Crippen molar-refractivity contribution in [2.45, 2.75) is 20.4 Å². The maximum atomic E-state index is 12.2. The fraction of sp³-hybridized carbons (Fsp3) is 0.263. The number of likely N-dealkylation sites (N-methyl/N-ethyl adjacent to an activating group) is 1. The number of hydrogen-bond acceptors (Lipinski definition) is 3. The van der Waals surface area contributed by atoms with E-state index in [0.717, 1.165) is 13.1 Å². The molecule has 4 heteroatoms. The number of Topliss-reactive ketones (excluding diaryl/α,β-unsaturated/α-hetero) is 1. The largest absolute Gasteiger partial charge is 0.325 e. The standard InChI is InChI=1S/C19H22N2O2/c1-3-21(13-16-8-5-4-6-9-16)14-19(23)20-18-11-7-10-17(12-18)15(2)22/h4-12H,3,13-14H2,1-2H3,(H,20,23). The number of carbonyl (C=O) groups excluding carboxylic acids is 2. The Kier molecular flexibility index (Phi) is 6.06. The molecule has 0 aliphatic heterocycles. The number of ketones is 1. The van der Waals surface area contributed by atoms with Gasteiger partial charge in [0.1, 0.15) is 0 Å². The van der Waals surface area contributed by atoms with Crippen molar-refractivity contribution in [1.82, 2.24) is 4.90 Å². The average molecular weight is 310 g/mol. The van der Waals surface area contributed by atoms with E-state index in [1.165, 1.54) is 12.5 Å². The molecule has 4 nitrogen and oxygen atoms in total. The second kappa shape index (κ2) is 8.25. The van der Waals surface area contributed by atoms with Crippen LogP contribution in [-0.2, 0) is 11.3 Å². The molecule has 0 saturated heterocycles. The van der Waals surface area contributed by atoms with Crippen LogP contribution in [-0.4, -0.2) is 29.7 Å². The highest BCUT2D eigenvalue weighted by atomic mass is 16.2. The monoisotopic (exact) mass is 310 g/mol. The van der Waals surface area contributed by atoms with E-state index < -0.39 is 0 Å². The summed E-state index contributed by atoms with van der Waals surface area (Å²) in [7, 11) is 0. The normalized spacial score (nSPS) is 10.6. The molecule has 0 aromatic heterocycles. The summed E-state index contributed by atoms with van der Waals surface area (Å²) in [6.45, 7) is 5.38. The van der Waals surface area contributed by atoms with Gasteiger partial charge in [0, 0.05) is 17.8 Å². The van der Waals surface area contributed by atoms with Crippen molar-refractivity contribution in [2.24, 2.45) is 0 Å². The third-order valence-corrected chi connectivity index (χ3v) is 3.62. The zero-order chi connectivity index (χ0) is 16.7. The van der Waals surface area contributed by atoms with Gasteiger partial charge in [-0.15, -0.1) is 0 Å². The molecule has 0 heterocycles. The fourth-order valence-electron chi connectivity index (χ4n) is 2.34. The van der Waals surface area contributed by atoms with Gasteiger partial charge < -0.3 is 5.32 Å². The number of carbonyl (C=O) groups is 2. The Balaban J connectivity index is 1.95. The van der Waals surface area contributed by atoms with Crippen LogP contribution >= 0.6 is 0 Å². The Morgan fingerprint density at radius 1 is 1.04 bits per heavy atom. The second-order valence-electron chi connectivity index (χ2n) is 5.47. The van der Waals surface area contributed by atoms with Crippen molar-refractivity contribution in [2.75, 3.05) is 18.4 Å². The molecule has 2 aromatic rings. The Hall–Kier alpha value is -2.46. The molecule has 2 rings (SSSR count). The SMILES string of the molecule is CCN(CC(=O)Nc1cccc(C(C)=O)c1)Cc1ccccc1. The first-order chi connectivity index (χ1) is 11.1. The minimum Gasteiger partial charge on any atom is -0.325 e. The molecule has 1 amide bonds. The molecule has 0 atom stereocenters. The molecule has 23 heavy (non-hydrogen) atoms. The van der Waals surface area contributed by atoms with Crippen LogP contribution in [0.2, 0.25) is 0 Å². The molecule has 0 unspecified atom stereocenters. The first kappa shape index (κ1) is 16.9. The Morgan fingerprint density at radius 2 is 1.78 bits per heavy atom. The Bertz CT molecular complexity index is 668. The lowest BCUT2D eigenvalue weighted by molar-refractivity contribution is -0.117. The molecular weight excluding hydrogens is 288 g/mol.